The molecule has 2 aromatic carbocycles. The zero-order chi connectivity index (χ0) is 17.4. The highest BCUT2D eigenvalue weighted by molar-refractivity contribution is 7.20. The fraction of sp³-hybridized carbons (Fsp3) is 0.250. The van der Waals surface area contributed by atoms with E-state index in [1.54, 1.807) is 12.1 Å². The number of piperazine rings is 1. The molecular formula is C20H19FN2OS. The van der Waals surface area contributed by atoms with Gasteiger partial charge in [0.05, 0.1) is 10.9 Å². The Kier molecular flexibility index (Phi) is 4.27. The third kappa shape index (κ3) is 3.05. The maximum absolute atomic E-state index is 14.0. The van der Waals surface area contributed by atoms with Crippen molar-refractivity contribution in [2.24, 2.45) is 0 Å². The molecule has 0 bridgehead atoms. The Bertz CT molecular complexity index is 908. The van der Waals surface area contributed by atoms with Gasteiger partial charge >= 0.3 is 0 Å². The Morgan fingerprint density at radius 2 is 1.92 bits per heavy atom. The number of thiophene rings is 1. The van der Waals surface area contributed by atoms with Gasteiger partial charge in [0.1, 0.15) is 5.82 Å². The van der Waals surface area contributed by atoms with E-state index in [1.807, 2.05) is 29.2 Å². The van der Waals surface area contributed by atoms with Crippen LogP contribution in [-0.4, -0.2) is 42.4 Å². The summed E-state index contributed by atoms with van der Waals surface area (Å²) in [6.45, 7) is 2.31. The first-order valence-corrected chi connectivity index (χ1v) is 9.17. The van der Waals surface area contributed by atoms with E-state index in [9.17, 15) is 9.18 Å². The molecular weight excluding hydrogens is 335 g/mol. The molecule has 2 heterocycles. The largest absolute Gasteiger partial charge is 0.328 e. The lowest BCUT2D eigenvalue weighted by atomic mass is 10.0. The van der Waals surface area contributed by atoms with Crippen LogP contribution in [0.1, 0.15) is 21.3 Å². The fourth-order valence-electron chi connectivity index (χ4n) is 3.40. The molecule has 3 nitrogen and oxygen atoms in total. The van der Waals surface area contributed by atoms with Crippen LogP contribution in [0.25, 0.3) is 10.1 Å². The number of hydrogen-bond donors (Lipinski definition) is 0. The van der Waals surface area contributed by atoms with Gasteiger partial charge in [-0.2, -0.15) is 0 Å². The van der Waals surface area contributed by atoms with Crippen molar-refractivity contribution in [2.45, 2.75) is 6.04 Å². The van der Waals surface area contributed by atoms with E-state index in [0.717, 1.165) is 23.4 Å². The number of carbonyl (C=O) groups excluding carboxylic acids is 1. The van der Waals surface area contributed by atoms with E-state index in [-0.39, 0.29) is 17.8 Å². The van der Waals surface area contributed by atoms with Crippen LogP contribution < -0.4 is 0 Å². The van der Waals surface area contributed by atoms with Gasteiger partial charge < -0.3 is 9.80 Å². The third-order valence-corrected chi connectivity index (χ3v) is 5.84. The van der Waals surface area contributed by atoms with Crippen LogP contribution in [0.4, 0.5) is 4.39 Å². The molecule has 1 aliphatic rings. The molecule has 1 aromatic heterocycles. The number of nitrogens with zero attached hydrogens (tertiary/aromatic N) is 2. The standard InChI is InChI=1S/C20H19FN2OS/c1-22-10-11-23(17(13-22)14-6-3-2-4-7-14)20(24)19-12-15-16(21)8-5-9-18(15)25-19/h2-9,12,17H,10-11,13H2,1H3. The van der Waals surface area contributed by atoms with Crippen molar-refractivity contribution in [3.8, 4) is 0 Å². The summed E-state index contributed by atoms with van der Waals surface area (Å²) < 4.78 is 14.8. The van der Waals surface area contributed by atoms with Crippen molar-refractivity contribution >= 4 is 27.3 Å². The van der Waals surface area contributed by atoms with Crippen molar-refractivity contribution in [1.82, 2.24) is 9.80 Å². The molecule has 0 spiro atoms. The van der Waals surface area contributed by atoms with E-state index < -0.39 is 0 Å². The van der Waals surface area contributed by atoms with E-state index in [0.29, 0.717) is 16.8 Å². The molecule has 1 fully saturated rings. The van der Waals surface area contributed by atoms with Gasteiger partial charge in [-0.15, -0.1) is 11.3 Å². The Morgan fingerprint density at radius 1 is 1.12 bits per heavy atom. The summed E-state index contributed by atoms with van der Waals surface area (Å²) >= 11 is 1.37. The quantitative estimate of drug-likeness (QED) is 0.690. The second-order valence-corrected chi connectivity index (χ2v) is 7.53. The number of likely N-dealkylation sites (N-methyl/N-ethyl adjacent to an activating group) is 1. The number of benzene rings is 2. The van der Waals surface area contributed by atoms with Crippen LogP contribution in [0.2, 0.25) is 0 Å². The zero-order valence-electron chi connectivity index (χ0n) is 14.0. The molecule has 1 aliphatic heterocycles. The normalized spacial score (nSPS) is 18.6. The molecule has 0 N–H and O–H groups in total. The van der Waals surface area contributed by atoms with Gasteiger partial charge in [-0.25, -0.2) is 4.39 Å². The molecule has 0 radical (unpaired) electrons. The first kappa shape index (κ1) is 16.2. The van der Waals surface area contributed by atoms with E-state index in [2.05, 4.69) is 24.1 Å². The Morgan fingerprint density at radius 3 is 2.68 bits per heavy atom. The fourth-order valence-corrected chi connectivity index (χ4v) is 4.43. The predicted octanol–water partition coefficient (Wildman–Crippen LogP) is 4.17. The van der Waals surface area contributed by atoms with Crippen LogP contribution in [0.5, 0.6) is 0 Å². The number of carbonyl (C=O) groups is 1. The predicted molar refractivity (Wildman–Crippen MR) is 99.5 cm³/mol. The lowest BCUT2D eigenvalue weighted by Crippen LogP contribution is -2.49. The van der Waals surface area contributed by atoms with Crippen LogP contribution in [0, 0.1) is 5.82 Å². The van der Waals surface area contributed by atoms with Gasteiger partial charge in [-0.1, -0.05) is 36.4 Å². The van der Waals surface area contributed by atoms with E-state index in [1.165, 1.54) is 17.4 Å². The van der Waals surface area contributed by atoms with Gasteiger partial charge in [0, 0.05) is 29.7 Å². The zero-order valence-corrected chi connectivity index (χ0v) is 14.8. The molecule has 1 unspecified atom stereocenters. The SMILES string of the molecule is CN1CCN(C(=O)c2cc3c(F)cccc3s2)C(c2ccccc2)C1. The average Bonchev–Trinajstić information content (AvgIpc) is 3.07. The molecule has 1 atom stereocenters. The molecule has 4 rings (SSSR count). The van der Waals surface area contributed by atoms with E-state index >= 15 is 0 Å². The minimum atomic E-state index is -0.272. The molecule has 0 aliphatic carbocycles. The second kappa shape index (κ2) is 6.58. The van der Waals surface area contributed by atoms with Crippen LogP contribution in [0.15, 0.2) is 54.6 Å². The van der Waals surface area contributed by atoms with Crippen molar-refractivity contribution in [2.75, 3.05) is 26.7 Å². The van der Waals surface area contributed by atoms with Crippen LogP contribution in [0.3, 0.4) is 0 Å². The van der Waals surface area contributed by atoms with Crippen molar-refractivity contribution in [1.29, 1.82) is 0 Å². The number of hydrogen-bond acceptors (Lipinski definition) is 3. The van der Waals surface area contributed by atoms with Crippen molar-refractivity contribution < 1.29 is 9.18 Å². The van der Waals surface area contributed by atoms with Crippen molar-refractivity contribution in [3.63, 3.8) is 0 Å². The lowest BCUT2D eigenvalue weighted by Gasteiger charge is -2.40. The molecule has 3 aromatic rings. The molecule has 1 saturated heterocycles. The summed E-state index contributed by atoms with van der Waals surface area (Å²) in [6.07, 6.45) is 0. The van der Waals surface area contributed by atoms with Gasteiger partial charge in [0.25, 0.3) is 5.91 Å². The molecule has 1 amide bonds. The summed E-state index contributed by atoms with van der Waals surface area (Å²) in [5.74, 6) is -0.284. The first-order chi connectivity index (χ1) is 12.1. The smallest absolute Gasteiger partial charge is 0.264 e. The summed E-state index contributed by atoms with van der Waals surface area (Å²) in [5, 5.41) is 0.529. The number of fused-ring (bicyclic) bond motifs is 1. The van der Waals surface area contributed by atoms with Gasteiger partial charge in [0.2, 0.25) is 0 Å². The van der Waals surface area contributed by atoms with Gasteiger partial charge in [-0.3, -0.25) is 4.79 Å². The van der Waals surface area contributed by atoms with Crippen molar-refractivity contribution in [3.05, 3.63) is 70.9 Å². The molecule has 25 heavy (non-hydrogen) atoms. The Hall–Kier alpha value is -2.24. The monoisotopic (exact) mass is 354 g/mol. The van der Waals surface area contributed by atoms with E-state index in [4.69, 9.17) is 0 Å². The number of amides is 1. The van der Waals surface area contributed by atoms with Crippen LogP contribution >= 0.6 is 11.3 Å². The minimum Gasteiger partial charge on any atom is -0.328 e. The Labute approximate surface area is 150 Å². The highest BCUT2D eigenvalue weighted by atomic mass is 32.1. The summed E-state index contributed by atoms with van der Waals surface area (Å²) in [5.41, 5.74) is 1.13. The second-order valence-electron chi connectivity index (χ2n) is 6.45. The average molecular weight is 354 g/mol. The van der Waals surface area contributed by atoms with Gasteiger partial charge in [-0.05, 0) is 30.8 Å². The summed E-state index contributed by atoms with van der Waals surface area (Å²) in [6, 6.07) is 16.8. The maximum atomic E-state index is 14.0. The molecule has 128 valence electrons. The highest BCUT2D eigenvalue weighted by Gasteiger charge is 2.31. The summed E-state index contributed by atoms with van der Waals surface area (Å²) in [4.78, 5) is 17.9. The third-order valence-electron chi connectivity index (χ3n) is 4.75. The highest BCUT2D eigenvalue weighted by Crippen LogP contribution is 2.32. The number of halogens is 1. The molecule has 0 saturated carbocycles. The Balaban J connectivity index is 1.70. The minimum absolute atomic E-state index is 0.0115. The lowest BCUT2D eigenvalue weighted by molar-refractivity contribution is 0.0503. The topological polar surface area (TPSA) is 23.6 Å². The summed E-state index contributed by atoms with van der Waals surface area (Å²) in [7, 11) is 2.08. The molecule has 5 heteroatoms. The maximum Gasteiger partial charge on any atom is 0.264 e. The first-order valence-electron chi connectivity index (χ1n) is 8.36. The van der Waals surface area contributed by atoms with Gasteiger partial charge in [0.15, 0.2) is 0 Å². The van der Waals surface area contributed by atoms with Crippen LogP contribution in [-0.2, 0) is 0 Å². The number of rotatable bonds is 2.